The van der Waals surface area contributed by atoms with Crippen LogP contribution < -0.4 is 0 Å². The Balaban J connectivity index is 1.43. The van der Waals surface area contributed by atoms with Crippen LogP contribution in [0.5, 0.6) is 0 Å². The zero-order chi connectivity index (χ0) is 16.4. The van der Waals surface area contributed by atoms with E-state index in [0.29, 0.717) is 12.1 Å². The van der Waals surface area contributed by atoms with Crippen LogP contribution in [0.25, 0.3) is 0 Å². The predicted molar refractivity (Wildman–Crippen MR) is 91.4 cm³/mol. The number of morpholine rings is 1. The highest BCUT2D eigenvalue weighted by Gasteiger charge is 2.37. The maximum absolute atomic E-state index is 6.05. The van der Waals surface area contributed by atoms with Crippen LogP contribution >= 0.6 is 0 Å². The van der Waals surface area contributed by atoms with E-state index < -0.39 is 0 Å². The van der Waals surface area contributed by atoms with E-state index in [4.69, 9.17) is 4.74 Å². The van der Waals surface area contributed by atoms with Gasteiger partial charge in [-0.25, -0.2) is 4.98 Å². The van der Waals surface area contributed by atoms with Gasteiger partial charge in [0.15, 0.2) is 0 Å². The van der Waals surface area contributed by atoms with E-state index in [0.717, 1.165) is 51.6 Å². The van der Waals surface area contributed by atoms with Crippen molar-refractivity contribution in [3.05, 3.63) is 47.8 Å². The fraction of sp³-hybridized carbons (Fsp3) is 0.556. The minimum atomic E-state index is 0.357. The van der Waals surface area contributed by atoms with Crippen molar-refractivity contribution in [3.63, 3.8) is 0 Å². The molecule has 128 valence electrons. The number of likely N-dealkylation sites (tertiary alicyclic amines) is 1. The highest BCUT2D eigenvalue weighted by molar-refractivity contribution is 5.09. The number of rotatable bonds is 4. The molecule has 0 aliphatic carbocycles. The maximum atomic E-state index is 6.05. The van der Waals surface area contributed by atoms with Crippen LogP contribution in [0.4, 0.5) is 0 Å². The first kappa shape index (κ1) is 15.7. The number of hydrogen-bond donors (Lipinski definition) is 1. The molecule has 2 fully saturated rings. The van der Waals surface area contributed by atoms with Crippen molar-refractivity contribution in [1.29, 1.82) is 0 Å². The van der Waals surface area contributed by atoms with E-state index in [-0.39, 0.29) is 0 Å². The summed E-state index contributed by atoms with van der Waals surface area (Å²) >= 11 is 0. The Bertz CT molecular complexity index is 658. The molecule has 0 radical (unpaired) electrons. The van der Waals surface area contributed by atoms with Crippen molar-refractivity contribution >= 4 is 0 Å². The molecule has 0 amide bonds. The van der Waals surface area contributed by atoms with Crippen molar-refractivity contribution in [2.75, 3.05) is 26.2 Å². The van der Waals surface area contributed by atoms with E-state index in [9.17, 15) is 0 Å². The zero-order valence-electron chi connectivity index (χ0n) is 14.2. The van der Waals surface area contributed by atoms with Crippen molar-refractivity contribution in [2.45, 2.75) is 38.6 Å². The number of ether oxygens (including phenoxy) is 1. The standard InChI is InChI=1S/C18H25N5O/c1-14-20-10-16(21-14)12-22-6-4-18-17(13-22)23(7-8-24-18)11-15-3-2-5-19-9-15/h2-3,5,9-10,17-18H,4,6-8,11-13H2,1H3,(H,20,21)/t17-,18-/m0/s1. The molecular weight excluding hydrogens is 302 g/mol. The normalized spacial score (nSPS) is 25.5. The molecular formula is C18H25N5O. The fourth-order valence-corrected chi connectivity index (χ4v) is 3.87. The van der Waals surface area contributed by atoms with Crippen LogP contribution in [0.3, 0.4) is 0 Å². The number of fused-ring (bicyclic) bond motifs is 1. The third-order valence-electron chi connectivity index (χ3n) is 5.04. The summed E-state index contributed by atoms with van der Waals surface area (Å²) in [5.41, 5.74) is 2.47. The van der Waals surface area contributed by atoms with Crippen LogP contribution in [0.15, 0.2) is 30.7 Å². The number of piperidine rings is 1. The molecule has 2 atom stereocenters. The average Bonchev–Trinajstić information content (AvgIpc) is 3.01. The average molecular weight is 327 g/mol. The molecule has 24 heavy (non-hydrogen) atoms. The lowest BCUT2D eigenvalue weighted by Gasteiger charge is -2.47. The molecule has 2 aromatic heterocycles. The lowest BCUT2D eigenvalue weighted by Crippen LogP contribution is -2.59. The molecule has 2 aliphatic rings. The largest absolute Gasteiger partial charge is 0.375 e. The summed E-state index contributed by atoms with van der Waals surface area (Å²) in [5.74, 6) is 0.985. The van der Waals surface area contributed by atoms with Gasteiger partial charge >= 0.3 is 0 Å². The molecule has 4 rings (SSSR count). The highest BCUT2D eigenvalue weighted by Crippen LogP contribution is 2.25. The summed E-state index contributed by atoms with van der Waals surface area (Å²) in [6.45, 7) is 7.84. The quantitative estimate of drug-likeness (QED) is 0.924. The van der Waals surface area contributed by atoms with Gasteiger partial charge in [-0.05, 0) is 25.0 Å². The monoisotopic (exact) mass is 327 g/mol. The summed E-state index contributed by atoms with van der Waals surface area (Å²) in [6, 6.07) is 4.63. The number of aryl methyl sites for hydroxylation is 1. The molecule has 4 heterocycles. The fourth-order valence-electron chi connectivity index (χ4n) is 3.87. The lowest BCUT2D eigenvalue weighted by molar-refractivity contribution is -0.107. The smallest absolute Gasteiger partial charge is 0.103 e. The zero-order valence-corrected chi connectivity index (χ0v) is 14.2. The van der Waals surface area contributed by atoms with Crippen molar-refractivity contribution < 1.29 is 4.74 Å². The molecule has 2 saturated heterocycles. The number of imidazole rings is 1. The lowest BCUT2D eigenvalue weighted by atomic mass is 9.98. The number of hydrogen-bond acceptors (Lipinski definition) is 5. The molecule has 2 aromatic rings. The van der Waals surface area contributed by atoms with Gasteiger partial charge in [-0.3, -0.25) is 14.8 Å². The Labute approximate surface area is 142 Å². The Morgan fingerprint density at radius 3 is 3.04 bits per heavy atom. The molecule has 6 nitrogen and oxygen atoms in total. The molecule has 2 aliphatic heterocycles. The Kier molecular flexibility index (Phi) is 4.60. The van der Waals surface area contributed by atoms with Crippen LogP contribution in [-0.4, -0.2) is 63.1 Å². The molecule has 6 heteroatoms. The van der Waals surface area contributed by atoms with E-state index in [1.807, 2.05) is 31.6 Å². The number of nitrogens with one attached hydrogen (secondary N) is 1. The first-order valence-corrected chi connectivity index (χ1v) is 8.75. The van der Waals surface area contributed by atoms with Gasteiger partial charge in [-0.15, -0.1) is 0 Å². The Morgan fingerprint density at radius 1 is 1.29 bits per heavy atom. The van der Waals surface area contributed by atoms with E-state index in [1.165, 1.54) is 11.3 Å². The molecule has 0 spiro atoms. The summed E-state index contributed by atoms with van der Waals surface area (Å²) in [6.07, 6.45) is 7.21. The number of nitrogens with zero attached hydrogens (tertiary/aromatic N) is 4. The second-order valence-electron chi connectivity index (χ2n) is 6.83. The Hall–Kier alpha value is -1.76. The summed E-state index contributed by atoms with van der Waals surface area (Å²) in [4.78, 5) is 17.0. The van der Waals surface area contributed by atoms with E-state index >= 15 is 0 Å². The first-order valence-electron chi connectivity index (χ1n) is 8.75. The Morgan fingerprint density at radius 2 is 2.25 bits per heavy atom. The maximum Gasteiger partial charge on any atom is 0.103 e. The minimum absolute atomic E-state index is 0.357. The van der Waals surface area contributed by atoms with Crippen LogP contribution in [0, 0.1) is 6.92 Å². The molecule has 0 saturated carbocycles. The van der Waals surface area contributed by atoms with E-state index in [2.05, 4.69) is 30.8 Å². The van der Waals surface area contributed by atoms with Crippen molar-refractivity contribution in [1.82, 2.24) is 24.8 Å². The second-order valence-corrected chi connectivity index (χ2v) is 6.83. The van der Waals surface area contributed by atoms with Crippen LogP contribution in [-0.2, 0) is 17.8 Å². The molecule has 0 bridgehead atoms. The third-order valence-corrected chi connectivity index (χ3v) is 5.04. The van der Waals surface area contributed by atoms with Gasteiger partial charge < -0.3 is 9.72 Å². The van der Waals surface area contributed by atoms with Gasteiger partial charge in [0.1, 0.15) is 5.82 Å². The van der Waals surface area contributed by atoms with Crippen LogP contribution in [0.1, 0.15) is 23.5 Å². The van der Waals surface area contributed by atoms with E-state index in [1.54, 1.807) is 0 Å². The predicted octanol–water partition coefficient (Wildman–Crippen LogP) is 1.59. The number of pyridine rings is 1. The number of aromatic amines is 1. The first-order chi connectivity index (χ1) is 11.8. The number of aromatic nitrogens is 3. The third kappa shape index (κ3) is 3.50. The SMILES string of the molecule is Cc1ncc(CN2CC[C@@H]3OCCN(Cc4cccnc4)[C@H]3C2)[nH]1. The molecule has 0 unspecified atom stereocenters. The topological polar surface area (TPSA) is 57.3 Å². The summed E-state index contributed by atoms with van der Waals surface area (Å²) in [7, 11) is 0. The van der Waals surface area contributed by atoms with Crippen LogP contribution in [0.2, 0.25) is 0 Å². The highest BCUT2D eigenvalue weighted by atomic mass is 16.5. The van der Waals surface area contributed by atoms with Gasteiger partial charge in [0, 0.05) is 63.1 Å². The van der Waals surface area contributed by atoms with Crippen molar-refractivity contribution in [2.24, 2.45) is 0 Å². The minimum Gasteiger partial charge on any atom is -0.375 e. The van der Waals surface area contributed by atoms with Gasteiger partial charge in [0.2, 0.25) is 0 Å². The second kappa shape index (κ2) is 7.01. The van der Waals surface area contributed by atoms with Gasteiger partial charge in [-0.1, -0.05) is 6.07 Å². The summed E-state index contributed by atoms with van der Waals surface area (Å²) < 4.78 is 6.05. The van der Waals surface area contributed by atoms with Gasteiger partial charge in [0.25, 0.3) is 0 Å². The van der Waals surface area contributed by atoms with Gasteiger partial charge in [0.05, 0.1) is 12.7 Å². The molecule has 1 N–H and O–H groups in total. The van der Waals surface area contributed by atoms with Crippen molar-refractivity contribution in [3.8, 4) is 0 Å². The number of H-pyrrole nitrogens is 1. The summed E-state index contributed by atoms with van der Waals surface area (Å²) in [5, 5.41) is 0. The molecule has 0 aromatic carbocycles. The van der Waals surface area contributed by atoms with Gasteiger partial charge in [-0.2, -0.15) is 0 Å².